The Morgan fingerprint density at radius 1 is 1.50 bits per heavy atom. The van der Waals surface area contributed by atoms with Gasteiger partial charge in [0.15, 0.2) is 0 Å². The van der Waals surface area contributed by atoms with Crippen LogP contribution in [0, 0.1) is 11.3 Å². The molecule has 0 aliphatic heterocycles. The highest BCUT2D eigenvalue weighted by molar-refractivity contribution is 7.89. The topological polar surface area (TPSA) is 127 Å². The fraction of sp³-hybridized carbons (Fsp3) is 0.273. The van der Waals surface area contributed by atoms with Crippen molar-refractivity contribution in [3.63, 3.8) is 0 Å². The van der Waals surface area contributed by atoms with Crippen molar-refractivity contribution in [2.24, 2.45) is 0 Å². The van der Waals surface area contributed by atoms with Crippen molar-refractivity contribution in [1.29, 1.82) is 5.26 Å². The van der Waals surface area contributed by atoms with Crippen LogP contribution in [0.3, 0.4) is 0 Å². The van der Waals surface area contributed by atoms with Gasteiger partial charge in [0.1, 0.15) is 10.9 Å². The number of sulfonamides is 1. The quantitative estimate of drug-likeness (QED) is 0.693. The van der Waals surface area contributed by atoms with Crippen LogP contribution in [0.25, 0.3) is 0 Å². The van der Waals surface area contributed by atoms with Crippen molar-refractivity contribution in [2.45, 2.75) is 17.4 Å². The van der Waals surface area contributed by atoms with Crippen molar-refractivity contribution in [3.05, 3.63) is 28.8 Å². The summed E-state index contributed by atoms with van der Waals surface area (Å²) in [5.41, 5.74) is 0.0730. The number of benzene rings is 1. The fourth-order valence-corrected chi connectivity index (χ4v) is 3.14. The molecule has 1 unspecified atom stereocenters. The monoisotopic (exact) mass is 318 g/mol. The minimum atomic E-state index is -4.21. The van der Waals surface area contributed by atoms with Gasteiger partial charge in [-0.2, -0.15) is 9.98 Å². The number of nitriles is 1. The standard InChI is InChI=1S/C11H11ClN2O5S/c12-8-2-1-7(6-13)5-10(8)20(18,19)14-9(3-4-15)11(16)17/h1-2,5,9,14-15H,3-4H2,(H,16,17). The molecule has 1 aromatic carbocycles. The number of carboxylic acids is 1. The van der Waals surface area contributed by atoms with Gasteiger partial charge in [-0.1, -0.05) is 11.6 Å². The van der Waals surface area contributed by atoms with Crippen molar-refractivity contribution in [2.75, 3.05) is 6.61 Å². The van der Waals surface area contributed by atoms with Gasteiger partial charge in [-0.15, -0.1) is 0 Å². The van der Waals surface area contributed by atoms with E-state index in [1.165, 1.54) is 12.1 Å². The van der Waals surface area contributed by atoms with Crippen LogP contribution in [0.4, 0.5) is 0 Å². The molecule has 3 N–H and O–H groups in total. The summed E-state index contributed by atoms with van der Waals surface area (Å²) >= 11 is 5.75. The van der Waals surface area contributed by atoms with Crippen molar-refractivity contribution >= 4 is 27.6 Å². The Bertz CT molecular complexity index is 653. The molecule has 0 amide bonds. The van der Waals surface area contributed by atoms with E-state index in [0.717, 1.165) is 6.07 Å². The molecule has 0 fully saturated rings. The smallest absolute Gasteiger partial charge is 0.321 e. The lowest BCUT2D eigenvalue weighted by molar-refractivity contribution is -0.139. The van der Waals surface area contributed by atoms with Crippen LogP contribution < -0.4 is 4.72 Å². The van der Waals surface area contributed by atoms with Gasteiger partial charge in [-0.3, -0.25) is 4.79 Å². The minimum Gasteiger partial charge on any atom is -0.480 e. The minimum absolute atomic E-state index is 0.0730. The highest BCUT2D eigenvalue weighted by atomic mass is 35.5. The average Bonchev–Trinajstić information content (AvgIpc) is 2.38. The predicted octanol–water partition coefficient (Wildman–Crippen LogP) is 0.326. The summed E-state index contributed by atoms with van der Waals surface area (Å²) < 4.78 is 26.0. The van der Waals surface area contributed by atoms with Crippen LogP contribution in [-0.2, 0) is 14.8 Å². The highest BCUT2D eigenvalue weighted by Crippen LogP contribution is 2.22. The van der Waals surface area contributed by atoms with E-state index in [9.17, 15) is 13.2 Å². The van der Waals surface area contributed by atoms with E-state index in [0.29, 0.717) is 0 Å². The molecular weight excluding hydrogens is 308 g/mol. The molecule has 0 aliphatic rings. The Balaban J connectivity index is 3.17. The van der Waals surface area contributed by atoms with E-state index in [2.05, 4.69) is 0 Å². The number of halogens is 1. The van der Waals surface area contributed by atoms with Crippen LogP contribution in [-0.4, -0.2) is 37.2 Å². The van der Waals surface area contributed by atoms with Gasteiger partial charge in [-0.25, -0.2) is 8.42 Å². The number of hydrogen-bond acceptors (Lipinski definition) is 5. The maximum absolute atomic E-state index is 12.1. The molecule has 0 saturated heterocycles. The lowest BCUT2D eigenvalue weighted by Gasteiger charge is -2.14. The van der Waals surface area contributed by atoms with Gasteiger partial charge >= 0.3 is 5.97 Å². The zero-order chi connectivity index (χ0) is 15.3. The largest absolute Gasteiger partial charge is 0.480 e. The molecule has 0 spiro atoms. The molecule has 9 heteroatoms. The van der Waals surface area contributed by atoms with Gasteiger partial charge in [0.05, 0.1) is 16.7 Å². The zero-order valence-corrected chi connectivity index (χ0v) is 11.6. The van der Waals surface area contributed by atoms with Crippen molar-refractivity contribution in [1.82, 2.24) is 4.72 Å². The first-order valence-electron chi connectivity index (χ1n) is 5.37. The van der Waals surface area contributed by atoms with Crippen molar-refractivity contribution < 1.29 is 23.4 Å². The van der Waals surface area contributed by atoms with Gasteiger partial charge in [-0.05, 0) is 24.6 Å². The summed E-state index contributed by atoms with van der Waals surface area (Å²) in [7, 11) is -4.21. The number of rotatable bonds is 6. The van der Waals surface area contributed by atoms with E-state index in [-0.39, 0.29) is 21.9 Å². The van der Waals surface area contributed by atoms with Crippen LogP contribution in [0.2, 0.25) is 5.02 Å². The Hall–Kier alpha value is -1.66. The van der Waals surface area contributed by atoms with E-state index in [1.807, 2.05) is 4.72 Å². The third kappa shape index (κ3) is 3.91. The molecule has 20 heavy (non-hydrogen) atoms. The van der Waals surface area contributed by atoms with Crippen LogP contribution >= 0.6 is 11.6 Å². The van der Waals surface area contributed by atoms with Gasteiger partial charge < -0.3 is 10.2 Å². The first-order chi connectivity index (χ1) is 9.31. The molecule has 0 bridgehead atoms. The number of carbonyl (C=O) groups is 1. The molecule has 7 nitrogen and oxygen atoms in total. The maximum atomic E-state index is 12.1. The Morgan fingerprint density at radius 3 is 2.65 bits per heavy atom. The summed E-state index contributed by atoms with van der Waals surface area (Å²) in [6.07, 6.45) is -0.288. The van der Waals surface area contributed by atoms with Crippen molar-refractivity contribution in [3.8, 4) is 6.07 Å². The molecule has 0 saturated carbocycles. The van der Waals surface area contributed by atoms with Crippen LogP contribution in [0.5, 0.6) is 0 Å². The second kappa shape index (κ2) is 6.67. The summed E-state index contributed by atoms with van der Waals surface area (Å²) in [6, 6.07) is 3.89. The van der Waals surface area contributed by atoms with Gasteiger partial charge in [0.25, 0.3) is 0 Å². The lowest BCUT2D eigenvalue weighted by atomic mass is 10.2. The molecule has 0 radical (unpaired) electrons. The molecule has 0 aliphatic carbocycles. The second-order valence-corrected chi connectivity index (χ2v) is 5.87. The number of carboxylic acid groups (broad SMARTS) is 1. The third-order valence-corrected chi connectivity index (χ3v) is 4.32. The van der Waals surface area contributed by atoms with E-state index >= 15 is 0 Å². The number of aliphatic carboxylic acids is 1. The molecule has 1 atom stereocenters. The molecule has 0 aromatic heterocycles. The number of nitrogens with zero attached hydrogens (tertiary/aromatic N) is 1. The Labute approximate surface area is 120 Å². The highest BCUT2D eigenvalue weighted by Gasteiger charge is 2.26. The number of hydrogen-bond donors (Lipinski definition) is 3. The number of aliphatic hydroxyl groups is 1. The maximum Gasteiger partial charge on any atom is 0.321 e. The zero-order valence-electron chi connectivity index (χ0n) is 10.1. The Kier molecular flexibility index (Phi) is 5.47. The predicted molar refractivity (Wildman–Crippen MR) is 69.6 cm³/mol. The van der Waals surface area contributed by atoms with Gasteiger partial charge in [0, 0.05) is 6.61 Å². The van der Waals surface area contributed by atoms with Crippen LogP contribution in [0.15, 0.2) is 23.1 Å². The van der Waals surface area contributed by atoms with E-state index in [4.69, 9.17) is 27.1 Å². The van der Waals surface area contributed by atoms with Gasteiger partial charge in [0.2, 0.25) is 10.0 Å². The van der Waals surface area contributed by atoms with E-state index in [1.54, 1.807) is 6.07 Å². The molecular formula is C11H11ClN2O5S. The Morgan fingerprint density at radius 2 is 2.15 bits per heavy atom. The third-order valence-electron chi connectivity index (χ3n) is 2.36. The number of nitrogens with one attached hydrogen (secondary N) is 1. The molecule has 0 heterocycles. The van der Waals surface area contributed by atoms with E-state index < -0.39 is 28.6 Å². The summed E-state index contributed by atoms with van der Waals surface area (Å²) in [4.78, 5) is 10.5. The summed E-state index contributed by atoms with van der Waals surface area (Å²) in [5.74, 6) is -1.42. The summed E-state index contributed by atoms with van der Waals surface area (Å²) in [6.45, 7) is -0.495. The second-order valence-electron chi connectivity index (χ2n) is 3.78. The summed E-state index contributed by atoms with van der Waals surface area (Å²) in [5, 5.41) is 26.2. The first kappa shape index (κ1) is 16.4. The molecule has 1 aromatic rings. The normalized spacial score (nSPS) is 12.7. The fourth-order valence-electron chi connectivity index (χ4n) is 1.39. The molecule has 108 valence electrons. The SMILES string of the molecule is N#Cc1ccc(Cl)c(S(=O)(=O)NC(CCO)C(=O)O)c1. The average molecular weight is 319 g/mol. The number of aliphatic hydroxyl groups excluding tert-OH is 1. The van der Waals surface area contributed by atoms with Crippen LogP contribution in [0.1, 0.15) is 12.0 Å². The first-order valence-corrected chi connectivity index (χ1v) is 7.23. The molecule has 1 rings (SSSR count). The lowest BCUT2D eigenvalue weighted by Crippen LogP contribution is -2.41.